The summed E-state index contributed by atoms with van der Waals surface area (Å²) in [5.74, 6) is 0.832. The van der Waals surface area contributed by atoms with E-state index >= 15 is 0 Å². The standard InChI is InChI=1S/C21H21N3O2/c1-26-18-9-7-17(8-10-18)21(25)24-14-12-23(13-15-24)19-6-2-4-16-5-3-11-22-20(16)19/h2-11H,12-15H2,1H3. The molecule has 1 amide bonds. The SMILES string of the molecule is COc1ccc(C(=O)N2CCN(c3cccc4cccnc34)CC2)cc1. The maximum Gasteiger partial charge on any atom is 0.253 e. The fourth-order valence-corrected chi connectivity index (χ4v) is 3.41. The van der Waals surface area contributed by atoms with Crippen molar-refractivity contribution < 1.29 is 9.53 Å². The second kappa shape index (κ2) is 7.04. The Labute approximate surface area is 152 Å². The second-order valence-corrected chi connectivity index (χ2v) is 6.36. The minimum absolute atomic E-state index is 0.0725. The highest BCUT2D eigenvalue weighted by Gasteiger charge is 2.23. The summed E-state index contributed by atoms with van der Waals surface area (Å²) in [6.45, 7) is 3.01. The van der Waals surface area contributed by atoms with E-state index in [0.29, 0.717) is 18.7 Å². The molecule has 3 aromatic rings. The van der Waals surface area contributed by atoms with Gasteiger partial charge in [-0.1, -0.05) is 18.2 Å². The fourth-order valence-electron chi connectivity index (χ4n) is 3.41. The maximum absolute atomic E-state index is 12.7. The number of benzene rings is 2. The Morgan fingerprint density at radius 3 is 2.42 bits per heavy atom. The molecule has 0 aliphatic carbocycles. The average Bonchev–Trinajstić information content (AvgIpc) is 2.73. The molecule has 4 rings (SSSR count). The van der Waals surface area contributed by atoms with Crippen molar-refractivity contribution in [2.75, 3.05) is 38.2 Å². The molecular weight excluding hydrogens is 326 g/mol. The zero-order chi connectivity index (χ0) is 17.9. The predicted molar refractivity (Wildman–Crippen MR) is 103 cm³/mol. The summed E-state index contributed by atoms with van der Waals surface area (Å²) < 4.78 is 5.16. The Balaban J connectivity index is 1.47. The van der Waals surface area contributed by atoms with Gasteiger partial charge in [0.25, 0.3) is 5.91 Å². The van der Waals surface area contributed by atoms with E-state index in [2.05, 4.69) is 34.1 Å². The first-order chi connectivity index (χ1) is 12.8. The molecule has 5 heteroatoms. The summed E-state index contributed by atoms with van der Waals surface area (Å²) >= 11 is 0. The first-order valence-electron chi connectivity index (χ1n) is 8.78. The van der Waals surface area contributed by atoms with Crippen LogP contribution in [0.25, 0.3) is 10.9 Å². The summed E-state index contributed by atoms with van der Waals surface area (Å²) in [6, 6.07) is 17.6. The van der Waals surface area contributed by atoms with Crippen molar-refractivity contribution in [3.05, 3.63) is 66.4 Å². The number of carbonyl (C=O) groups is 1. The van der Waals surface area contributed by atoms with Gasteiger partial charge in [-0.05, 0) is 36.4 Å². The Morgan fingerprint density at radius 1 is 0.962 bits per heavy atom. The third-order valence-electron chi connectivity index (χ3n) is 4.86. The number of hydrogen-bond acceptors (Lipinski definition) is 4. The van der Waals surface area contributed by atoms with Crippen molar-refractivity contribution in [3.8, 4) is 5.75 Å². The highest BCUT2D eigenvalue weighted by molar-refractivity contribution is 5.95. The van der Waals surface area contributed by atoms with E-state index in [1.807, 2.05) is 41.4 Å². The van der Waals surface area contributed by atoms with Gasteiger partial charge >= 0.3 is 0 Å². The van der Waals surface area contributed by atoms with Crippen LogP contribution in [0.4, 0.5) is 5.69 Å². The molecule has 0 atom stereocenters. The number of piperazine rings is 1. The number of carbonyl (C=O) groups excluding carboxylic acids is 1. The molecule has 1 fully saturated rings. The Bertz CT molecular complexity index is 911. The van der Waals surface area contributed by atoms with E-state index in [1.165, 1.54) is 0 Å². The quantitative estimate of drug-likeness (QED) is 0.730. The van der Waals surface area contributed by atoms with Crippen LogP contribution in [0, 0.1) is 0 Å². The molecule has 0 spiro atoms. The minimum Gasteiger partial charge on any atom is -0.497 e. The molecule has 2 aromatic carbocycles. The molecule has 5 nitrogen and oxygen atoms in total. The van der Waals surface area contributed by atoms with Crippen LogP contribution in [0.15, 0.2) is 60.8 Å². The van der Waals surface area contributed by atoms with Gasteiger partial charge in [0.05, 0.1) is 18.3 Å². The number of methoxy groups -OCH3 is 1. The van der Waals surface area contributed by atoms with Crippen molar-refractivity contribution in [2.45, 2.75) is 0 Å². The van der Waals surface area contributed by atoms with Crippen LogP contribution in [-0.4, -0.2) is 49.1 Å². The topological polar surface area (TPSA) is 45.7 Å². The van der Waals surface area contributed by atoms with Gasteiger partial charge in [0.1, 0.15) is 5.75 Å². The molecule has 1 aliphatic heterocycles. The van der Waals surface area contributed by atoms with Gasteiger partial charge in [0, 0.05) is 43.3 Å². The van der Waals surface area contributed by atoms with E-state index in [4.69, 9.17) is 4.74 Å². The van der Waals surface area contributed by atoms with E-state index in [-0.39, 0.29) is 5.91 Å². The molecular formula is C21H21N3O2. The van der Waals surface area contributed by atoms with Crippen molar-refractivity contribution >= 4 is 22.5 Å². The highest BCUT2D eigenvalue weighted by Crippen LogP contribution is 2.26. The molecule has 0 radical (unpaired) electrons. The number of hydrogen-bond donors (Lipinski definition) is 0. The number of amides is 1. The molecule has 132 valence electrons. The Kier molecular flexibility index (Phi) is 4.44. The zero-order valence-corrected chi connectivity index (χ0v) is 14.8. The Hall–Kier alpha value is -3.08. The summed E-state index contributed by atoms with van der Waals surface area (Å²) in [7, 11) is 1.62. The molecule has 1 aromatic heterocycles. The number of ether oxygens (including phenoxy) is 1. The maximum atomic E-state index is 12.7. The summed E-state index contributed by atoms with van der Waals surface area (Å²) in [4.78, 5) is 21.5. The lowest BCUT2D eigenvalue weighted by Crippen LogP contribution is -2.48. The average molecular weight is 347 g/mol. The van der Waals surface area contributed by atoms with Crippen molar-refractivity contribution in [2.24, 2.45) is 0 Å². The number of para-hydroxylation sites is 1. The van der Waals surface area contributed by atoms with E-state index in [9.17, 15) is 4.79 Å². The molecule has 0 saturated carbocycles. The normalized spacial score (nSPS) is 14.5. The number of pyridine rings is 1. The third-order valence-corrected chi connectivity index (χ3v) is 4.86. The van der Waals surface area contributed by atoms with Crippen LogP contribution in [0.2, 0.25) is 0 Å². The van der Waals surface area contributed by atoms with Gasteiger partial charge in [0.15, 0.2) is 0 Å². The van der Waals surface area contributed by atoms with Gasteiger partial charge < -0.3 is 14.5 Å². The number of rotatable bonds is 3. The van der Waals surface area contributed by atoms with Gasteiger partial charge in [-0.25, -0.2) is 0 Å². The molecule has 0 bridgehead atoms. The van der Waals surface area contributed by atoms with E-state index in [1.54, 1.807) is 7.11 Å². The largest absolute Gasteiger partial charge is 0.497 e. The van der Waals surface area contributed by atoms with Crippen LogP contribution in [0.3, 0.4) is 0 Å². The van der Waals surface area contributed by atoms with Crippen molar-refractivity contribution in [3.63, 3.8) is 0 Å². The summed E-state index contributed by atoms with van der Waals surface area (Å²) in [6.07, 6.45) is 1.83. The second-order valence-electron chi connectivity index (χ2n) is 6.36. The zero-order valence-electron chi connectivity index (χ0n) is 14.8. The predicted octanol–water partition coefficient (Wildman–Crippen LogP) is 3.21. The van der Waals surface area contributed by atoms with Gasteiger partial charge in [-0.2, -0.15) is 0 Å². The lowest BCUT2D eigenvalue weighted by atomic mass is 10.1. The lowest BCUT2D eigenvalue weighted by Gasteiger charge is -2.36. The molecule has 1 aliphatic rings. The fraction of sp³-hybridized carbons (Fsp3) is 0.238. The van der Waals surface area contributed by atoms with Crippen molar-refractivity contribution in [1.29, 1.82) is 0 Å². The Morgan fingerprint density at radius 2 is 1.69 bits per heavy atom. The van der Waals surface area contributed by atoms with Crippen LogP contribution >= 0.6 is 0 Å². The summed E-state index contributed by atoms with van der Waals surface area (Å²) in [5.41, 5.74) is 2.86. The van der Waals surface area contributed by atoms with E-state index < -0.39 is 0 Å². The van der Waals surface area contributed by atoms with E-state index in [0.717, 1.165) is 35.4 Å². The molecule has 0 unspecified atom stereocenters. The van der Waals surface area contributed by atoms with Crippen LogP contribution in [0.1, 0.15) is 10.4 Å². The van der Waals surface area contributed by atoms with Crippen LogP contribution in [0.5, 0.6) is 5.75 Å². The van der Waals surface area contributed by atoms with Crippen LogP contribution < -0.4 is 9.64 Å². The third kappa shape index (κ3) is 3.08. The molecule has 0 N–H and O–H groups in total. The first-order valence-corrected chi connectivity index (χ1v) is 8.78. The summed E-state index contributed by atoms with van der Waals surface area (Å²) in [5, 5.41) is 1.14. The van der Waals surface area contributed by atoms with Gasteiger partial charge in [0.2, 0.25) is 0 Å². The number of anilines is 1. The number of fused-ring (bicyclic) bond motifs is 1. The molecule has 26 heavy (non-hydrogen) atoms. The molecule has 2 heterocycles. The van der Waals surface area contributed by atoms with Gasteiger partial charge in [-0.3, -0.25) is 9.78 Å². The van der Waals surface area contributed by atoms with Crippen LogP contribution in [-0.2, 0) is 0 Å². The first kappa shape index (κ1) is 16.4. The number of aromatic nitrogens is 1. The molecule has 1 saturated heterocycles. The van der Waals surface area contributed by atoms with Crippen molar-refractivity contribution in [1.82, 2.24) is 9.88 Å². The lowest BCUT2D eigenvalue weighted by molar-refractivity contribution is 0.0747. The highest BCUT2D eigenvalue weighted by atomic mass is 16.5. The smallest absolute Gasteiger partial charge is 0.253 e. The monoisotopic (exact) mass is 347 g/mol. The minimum atomic E-state index is 0.0725. The number of nitrogens with zero attached hydrogens (tertiary/aromatic N) is 3. The van der Waals surface area contributed by atoms with Gasteiger partial charge in [-0.15, -0.1) is 0 Å².